The number of para-hydroxylation sites is 2. The molecule has 3 heteroatoms. The standard InChI is InChI=1S/C46H27BN2/c1-2-10-29-22-33-25-36(20-19-32(33)21-28(29)9-1)48-43-18-8-14-38-40-16-7-15-39-37-13-5-6-17-42(37)49(46(39)40)47(45(38)43)41-26-34-23-30-11-3-4-12-31(30)24-35(34)27-44(41)48/h1-27H. The minimum absolute atomic E-state index is 0.0371. The van der Waals surface area contributed by atoms with Crippen molar-refractivity contribution in [3.63, 3.8) is 0 Å². The SMILES string of the molecule is c1cc2c3c(c1)N(c1ccc4cc5ccccc5cc4c1)c1cc4cc5ccccc5cc4cc1B3n1c3ccccc3c3cccc-2c31. The first-order valence-corrected chi connectivity index (χ1v) is 17.1. The number of aromatic nitrogens is 1. The highest BCUT2D eigenvalue weighted by molar-refractivity contribution is 6.90. The van der Waals surface area contributed by atoms with E-state index in [1.165, 1.54) is 104 Å². The minimum atomic E-state index is 0.0371. The van der Waals surface area contributed by atoms with Crippen molar-refractivity contribution in [2.75, 3.05) is 4.90 Å². The van der Waals surface area contributed by atoms with E-state index in [9.17, 15) is 0 Å². The molecule has 0 amide bonds. The maximum atomic E-state index is 2.64. The van der Waals surface area contributed by atoms with Gasteiger partial charge in [-0.05, 0) is 114 Å². The molecule has 2 nitrogen and oxygen atoms in total. The highest BCUT2D eigenvalue weighted by Crippen LogP contribution is 2.46. The third-order valence-corrected chi connectivity index (χ3v) is 11.2. The molecule has 49 heavy (non-hydrogen) atoms. The average molecular weight is 619 g/mol. The van der Waals surface area contributed by atoms with E-state index >= 15 is 0 Å². The first-order chi connectivity index (χ1) is 24.3. The number of benzene rings is 9. The molecular formula is C46H27BN2. The van der Waals surface area contributed by atoms with Gasteiger partial charge in [-0.25, -0.2) is 0 Å². The van der Waals surface area contributed by atoms with Crippen LogP contribution in [0.2, 0.25) is 0 Å². The number of hydrogen-bond acceptors (Lipinski definition) is 1. The number of fused-ring (bicyclic) bond motifs is 11. The number of nitrogens with zero attached hydrogens (tertiary/aromatic N) is 2. The molecular weight excluding hydrogens is 591 g/mol. The van der Waals surface area contributed by atoms with E-state index in [0.29, 0.717) is 0 Å². The Morgan fingerprint density at radius 3 is 1.76 bits per heavy atom. The van der Waals surface area contributed by atoms with Crippen LogP contribution in [0.1, 0.15) is 0 Å². The maximum Gasteiger partial charge on any atom is 0.333 e. The second-order valence-corrected chi connectivity index (χ2v) is 13.8. The maximum absolute atomic E-state index is 2.64. The quantitative estimate of drug-likeness (QED) is 0.131. The molecule has 0 saturated heterocycles. The van der Waals surface area contributed by atoms with Gasteiger partial charge in [-0.3, -0.25) is 0 Å². The molecule has 3 heterocycles. The molecule has 0 saturated carbocycles. The monoisotopic (exact) mass is 618 g/mol. The topological polar surface area (TPSA) is 8.17 Å². The summed E-state index contributed by atoms with van der Waals surface area (Å²) in [5.41, 5.74) is 11.6. The molecule has 0 N–H and O–H groups in total. The van der Waals surface area contributed by atoms with Gasteiger partial charge in [0.25, 0.3) is 0 Å². The lowest BCUT2D eigenvalue weighted by Crippen LogP contribution is -2.56. The van der Waals surface area contributed by atoms with Gasteiger partial charge in [0.1, 0.15) is 0 Å². The molecule has 0 unspecified atom stereocenters. The Morgan fingerprint density at radius 1 is 0.388 bits per heavy atom. The van der Waals surface area contributed by atoms with Crippen LogP contribution in [0.4, 0.5) is 17.1 Å². The number of anilines is 3. The Kier molecular flexibility index (Phi) is 4.82. The van der Waals surface area contributed by atoms with Crippen LogP contribution in [0.15, 0.2) is 164 Å². The van der Waals surface area contributed by atoms with Crippen LogP contribution in [0.3, 0.4) is 0 Å². The summed E-state index contributed by atoms with van der Waals surface area (Å²) in [6.07, 6.45) is 0. The van der Waals surface area contributed by atoms with Crippen LogP contribution >= 0.6 is 0 Å². The molecule has 1 aromatic heterocycles. The van der Waals surface area contributed by atoms with E-state index < -0.39 is 0 Å². The largest absolute Gasteiger partial charge is 0.375 e. The normalized spacial score (nSPS) is 13.2. The molecule has 2 aliphatic rings. The second kappa shape index (κ2) is 9.18. The summed E-state index contributed by atoms with van der Waals surface area (Å²) in [6, 6.07) is 61.4. The van der Waals surface area contributed by atoms with Gasteiger partial charge < -0.3 is 9.38 Å². The zero-order chi connectivity index (χ0) is 31.8. The first-order valence-electron chi connectivity index (χ1n) is 17.1. The van der Waals surface area contributed by atoms with Gasteiger partial charge in [0, 0.05) is 44.4 Å². The Bertz CT molecular complexity index is 3080. The summed E-state index contributed by atoms with van der Waals surface area (Å²) in [4.78, 5) is 2.53. The van der Waals surface area contributed by atoms with Crippen molar-refractivity contribution in [1.29, 1.82) is 0 Å². The van der Waals surface area contributed by atoms with Crippen molar-refractivity contribution in [2.45, 2.75) is 0 Å². The molecule has 10 aromatic rings. The van der Waals surface area contributed by atoms with Gasteiger partial charge in [-0.15, -0.1) is 0 Å². The van der Waals surface area contributed by atoms with E-state index in [2.05, 4.69) is 173 Å². The van der Waals surface area contributed by atoms with Gasteiger partial charge in [0.15, 0.2) is 0 Å². The lowest BCUT2D eigenvalue weighted by Gasteiger charge is -2.40. The van der Waals surface area contributed by atoms with Crippen LogP contribution in [-0.2, 0) is 0 Å². The Hall–Kier alpha value is -6.32. The summed E-state index contributed by atoms with van der Waals surface area (Å²) in [5.74, 6) is 0. The molecule has 0 spiro atoms. The molecule has 0 fully saturated rings. The predicted octanol–water partition coefficient (Wildman–Crippen LogP) is 10.8. The van der Waals surface area contributed by atoms with Crippen molar-refractivity contribution in [3.8, 4) is 11.1 Å². The third-order valence-electron chi connectivity index (χ3n) is 11.2. The Balaban J connectivity index is 1.22. The molecule has 0 aliphatic carbocycles. The lowest BCUT2D eigenvalue weighted by molar-refractivity contribution is 1.26. The highest BCUT2D eigenvalue weighted by Gasteiger charge is 2.42. The average Bonchev–Trinajstić information content (AvgIpc) is 3.48. The van der Waals surface area contributed by atoms with Crippen LogP contribution in [0.5, 0.6) is 0 Å². The van der Waals surface area contributed by atoms with Crippen molar-refractivity contribution < 1.29 is 0 Å². The Labute approximate surface area is 283 Å². The number of rotatable bonds is 1. The van der Waals surface area contributed by atoms with Crippen LogP contribution in [0.25, 0.3) is 76.0 Å². The first kappa shape index (κ1) is 25.7. The Morgan fingerprint density at radius 2 is 0.980 bits per heavy atom. The van der Waals surface area contributed by atoms with E-state index in [0.717, 1.165) is 0 Å². The highest BCUT2D eigenvalue weighted by atomic mass is 15.2. The van der Waals surface area contributed by atoms with E-state index in [-0.39, 0.29) is 6.85 Å². The molecule has 0 atom stereocenters. The molecule has 0 bridgehead atoms. The third kappa shape index (κ3) is 3.36. The zero-order valence-corrected chi connectivity index (χ0v) is 26.6. The van der Waals surface area contributed by atoms with Crippen molar-refractivity contribution in [3.05, 3.63) is 164 Å². The molecule has 9 aromatic carbocycles. The van der Waals surface area contributed by atoms with Gasteiger partial charge in [0.05, 0.1) is 0 Å². The van der Waals surface area contributed by atoms with Crippen LogP contribution in [-0.4, -0.2) is 11.3 Å². The van der Waals surface area contributed by atoms with E-state index in [1.807, 2.05) is 0 Å². The summed E-state index contributed by atoms with van der Waals surface area (Å²) < 4.78 is 2.64. The summed E-state index contributed by atoms with van der Waals surface area (Å²) in [7, 11) is 0. The molecule has 224 valence electrons. The predicted molar refractivity (Wildman–Crippen MR) is 210 cm³/mol. The smallest absolute Gasteiger partial charge is 0.333 e. The van der Waals surface area contributed by atoms with Crippen LogP contribution < -0.4 is 15.8 Å². The molecule has 0 radical (unpaired) electrons. The summed E-state index contributed by atoms with van der Waals surface area (Å²) in [5, 5.41) is 12.7. The fourth-order valence-corrected chi connectivity index (χ4v) is 9.12. The number of hydrogen-bond donors (Lipinski definition) is 0. The molecule has 12 rings (SSSR count). The lowest BCUT2D eigenvalue weighted by atomic mass is 9.45. The zero-order valence-electron chi connectivity index (χ0n) is 26.6. The van der Waals surface area contributed by atoms with E-state index in [4.69, 9.17) is 0 Å². The molecule has 2 aliphatic heterocycles. The fraction of sp³-hybridized carbons (Fsp3) is 0. The summed E-state index contributed by atoms with van der Waals surface area (Å²) >= 11 is 0. The van der Waals surface area contributed by atoms with Gasteiger partial charge in [0.2, 0.25) is 0 Å². The van der Waals surface area contributed by atoms with Crippen molar-refractivity contribution in [1.82, 2.24) is 4.48 Å². The summed E-state index contributed by atoms with van der Waals surface area (Å²) in [6.45, 7) is 0.0371. The van der Waals surface area contributed by atoms with Crippen molar-refractivity contribution in [2.24, 2.45) is 0 Å². The van der Waals surface area contributed by atoms with Gasteiger partial charge in [-0.1, -0.05) is 109 Å². The van der Waals surface area contributed by atoms with Gasteiger partial charge in [-0.2, -0.15) is 0 Å². The van der Waals surface area contributed by atoms with Gasteiger partial charge >= 0.3 is 6.85 Å². The second-order valence-electron chi connectivity index (χ2n) is 13.8. The van der Waals surface area contributed by atoms with E-state index in [1.54, 1.807) is 0 Å². The van der Waals surface area contributed by atoms with Crippen LogP contribution in [0, 0.1) is 0 Å². The fourth-order valence-electron chi connectivity index (χ4n) is 9.12. The van der Waals surface area contributed by atoms with Crippen molar-refractivity contribution >= 4 is 99.7 Å². The minimum Gasteiger partial charge on any atom is -0.375 e.